The van der Waals surface area contributed by atoms with Crippen molar-refractivity contribution in [2.24, 2.45) is 0 Å². The standard InChI is InChI=1S/C11H9BrN2OS/c1-7-14-10(6-16-7)11(15)4-9-3-2-8(12)5-13-9/h2-3,5-6H,4H2,1H3. The Hall–Kier alpha value is -1.07. The van der Waals surface area contributed by atoms with Gasteiger partial charge in [0.05, 0.1) is 11.4 Å². The Bertz CT molecular complexity index is 507. The van der Waals surface area contributed by atoms with Crippen molar-refractivity contribution in [3.8, 4) is 0 Å². The molecule has 0 bridgehead atoms. The highest BCUT2D eigenvalue weighted by Gasteiger charge is 2.10. The smallest absolute Gasteiger partial charge is 0.187 e. The van der Waals surface area contributed by atoms with Gasteiger partial charge in [-0.1, -0.05) is 0 Å². The lowest BCUT2D eigenvalue weighted by Gasteiger charge is -1.97. The average Bonchev–Trinajstić information content (AvgIpc) is 2.68. The second-order valence-electron chi connectivity index (χ2n) is 3.32. The van der Waals surface area contributed by atoms with Gasteiger partial charge in [0.15, 0.2) is 5.78 Å². The van der Waals surface area contributed by atoms with Crippen molar-refractivity contribution in [1.29, 1.82) is 0 Å². The number of rotatable bonds is 3. The second kappa shape index (κ2) is 4.84. The van der Waals surface area contributed by atoms with Gasteiger partial charge in [-0.25, -0.2) is 4.98 Å². The molecule has 3 nitrogen and oxygen atoms in total. The summed E-state index contributed by atoms with van der Waals surface area (Å²) in [7, 11) is 0. The second-order valence-corrected chi connectivity index (χ2v) is 5.30. The molecule has 0 saturated heterocycles. The topological polar surface area (TPSA) is 42.9 Å². The molecule has 0 aliphatic carbocycles. The van der Waals surface area contributed by atoms with Gasteiger partial charge >= 0.3 is 0 Å². The molecule has 82 valence electrons. The molecule has 0 aliphatic heterocycles. The van der Waals surface area contributed by atoms with Crippen LogP contribution in [-0.2, 0) is 6.42 Å². The van der Waals surface area contributed by atoms with Gasteiger partial charge < -0.3 is 0 Å². The lowest BCUT2D eigenvalue weighted by molar-refractivity contribution is 0.0987. The number of halogens is 1. The van der Waals surface area contributed by atoms with Crippen LogP contribution in [0.5, 0.6) is 0 Å². The molecule has 0 aliphatic rings. The summed E-state index contributed by atoms with van der Waals surface area (Å²) in [5.41, 5.74) is 1.30. The molecule has 0 saturated carbocycles. The van der Waals surface area contributed by atoms with E-state index in [0.717, 1.165) is 15.2 Å². The van der Waals surface area contributed by atoms with Crippen molar-refractivity contribution in [3.05, 3.63) is 44.6 Å². The van der Waals surface area contributed by atoms with Crippen LogP contribution in [0.2, 0.25) is 0 Å². The Morgan fingerprint density at radius 2 is 2.31 bits per heavy atom. The summed E-state index contributed by atoms with van der Waals surface area (Å²) >= 11 is 4.79. The number of hydrogen-bond acceptors (Lipinski definition) is 4. The number of pyridine rings is 1. The highest BCUT2D eigenvalue weighted by atomic mass is 79.9. The Kier molecular flexibility index (Phi) is 3.46. The van der Waals surface area contributed by atoms with Gasteiger partial charge in [-0.15, -0.1) is 11.3 Å². The maximum atomic E-state index is 11.8. The number of hydrogen-bond donors (Lipinski definition) is 0. The third kappa shape index (κ3) is 2.74. The van der Waals surface area contributed by atoms with E-state index in [1.54, 1.807) is 11.6 Å². The van der Waals surface area contributed by atoms with E-state index in [1.807, 2.05) is 19.1 Å². The van der Waals surface area contributed by atoms with Crippen molar-refractivity contribution in [3.63, 3.8) is 0 Å². The first kappa shape index (κ1) is 11.4. The molecular formula is C11H9BrN2OS. The quantitative estimate of drug-likeness (QED) is 0.818. The zero-order valence-electron chi connectivity index (χ0n) is 8.61. The largest absolute Gasteiger partial charge is 0.292 e. The van der Waals surface area contributed by atoms with Crippen LogP contribution in [0, 0.1) is 6.92 Å². The van der Waals surface area contributed by atoms with Crippen molar-refractivity contribution in [1.82, 2.24) is 9.97 Å². The van der Waals surface area contributed by atoms with E-state index < -0.39 is 0 Å². The average molecular weight is 297 g/mol. The Balaban J connectivity index is 2.10. The van der Waals surface area contributed by atoms with E-state index in [-0.39, 0.29) is 5.78 Å². The molecule has 2 aromatic heterocycles. The summed E-state index contributed by atoms with van der Waals surface area (Å²) in [5.74, 6) is 0.0131. The molecule has 16 heavy (non-hydrogen) atoms. The first-order chi connectivity index (χ1) is 7.65. The summed E-state index contributed by atoms with van der Waals surface area (Å²) in [4.78, 5) is 20.1. The van der Waals surface area contributed by atoms with Crippen LogP contribution in [0.1, 0.15) is 21.2 Å². The SMILES string of the molecule is Cc1nc(C(=O)Cc2ccc(Br)cn2)cs1. The minimum Gasteiger partial charge on any atom is -0.292 e. The van der Waals surface area contributed by atoms with Gasteiger partial charge in [-0.3, -0.25) is 9.78 Å². The molecule has 0 aromatic carbocycles. The molecule has 5 heteroatoms. The van der Waals surface area contributed by atoms with Gasteiger partial charge in [0.1, 0.15) is 5.69 Å². The van der Waals surface area contributed by atoms with E-state index in [2.05, 4.69) is 25.9 Å². The fraction of sp³-hybridized carbons (Fsp3) is 0.182. The van der Waals surface area contributed by atoms with Gasteiger partial charge in [0, 0.05) is 21.7 Å². The first-order valence-electron chi connectivity index (χ1n) is 4.71. The predicted octanol–water partition coefficient (Wildman–Crippen LogP) is 3.03. The molecule has 0 fully saturated rings. The molecule has 0 spiro atoms. The molecule has 0 N–H and O–H groups in total. The maximum absolute atomic E-state index is 11.8. The zero-order chi connectivity index (χ0) is 11.5. The minimum atomic E-state index is 0.0131. The molecule has 0 amide bonds. The molecule has 2 aromatic rings. The Labute approximate surface area is 106 Å². The fourth-order valence-electron chi connectivity index (χ4n) is 1.26. The van der Waals surface area contributed by atoms with Crippen molar-refractivity contribution in [2.45, 2.75) is 13.3 Å². The van der Waals surface area contributed by atoms with Crippen LogP contribution in [0.25, 0.3) is 0 Å². The van der Waals surface area contributed by atoms with Crippen LogP contribution in [0.15, 0.2) is 28.2 Å². The van der Waals surface area contributed by atoms with E-state index in [0.29, 0.717) is 12.1 Å². The van der Waals surface area contributed by atoms with Gasteiger partial charge in [-0.05, 0) is 35.0 Å². The third-order valence-electron chi connectivity index (χ3n) is 2.04. The molecular weight excluding hydrogens is 288 g/mol. The lowest BCUT2D eigenvalue weighted by Crippen LogP contribution is -2.05. The number of nitrogens with zero attached hydrogens (tertiary/aromatic N) is 2. The summed E-state index contributed by atoms with van der Waals surface area (Å²) in [6.45, 7) is 1.89. The highest BCUT2D eigenvalue weighted by Crippen LogP contribution is 2.12. The number of aryl methyl sites for hydroxylation is 1. The molecule has 2 heterocycles. The van der Waals surface area contributed by atoms with Crippen molar-refractivity contribution < 1.29 is 4.79 Å². The monoisotopic (exact) mass is 296 g/mol. The van der Waals surface area contributed by atoms with Crippen LogP contribution in [0.4, 0.5) is 0 Å². The Morgan fingerprint density at radius 3 is 2.88 bits per heavy atom. The van der Waals surface area contributed by atoms with E-state index in [4.69, 9.17) is 0 Å². The van der Waals surface area contributed by atoms with E-state index >= 15 is 0 Å². The highest BCUT2D eigenvalue weighted by molar-refractivity contribution is 9.10. The number of aromatic nitrogens is 2. The number of thiazole rings is 1. The summed E-state index contributed by atoms with van der Waals surface area (Å²) in [6, 6.07) is 3.71. The molecule has 0 radical (unpaired) electrons. The number of carbonyl (C=O) groups excluding carboxylic acids is 1. The molecule has 0 unspecified atom stereocenters. The maximum Gasteiger partial charge on any atom is 0.187 e. The fourth-order valence-corrected chi connectivity index (χ4v) is 2.11. The molecule has 0 atom stereocenters. The predicted molar refractivity (Wildman–Crippen MR) is 66.8 cm³/mol. The number of ketones is 1. The van der Waals surface area contributed by atoms with E-state index in [1.165, 1.54) is 11.3 Å². The van der Waals surface area contributed by atoms with E-state index in [9.17, 15) is 4.79 Å². The van der Waals surface area contributed by atoms with Gasteiger partial charge in [0.2, 0.25) is 0 Å². The molecule has 2 rings (SSSR count). The summed E-state index contributed by atoms with van der Waals surface area (Å²) in [5, 5.41) is 2.70. The van der Waals surface area contributed by atoms with Crippen LogP contribution >= 0.6 is 27.3 Å². The third-order valence-corrected chi connectivity index (χ3v) is 3.28. The number of carbonyl (C=O) groups is 1. The zero-order valence-corrected chi connectivity index (χ0v) is 11.0. The summed E-state index contributed by atoms with van der Waals surface area (Å²) in [6.07, 6.45) is 1.99. The van der Waals surface area contributed by atoms with Crippen LogP contribution < -0.4 is 0 Å². The number of Topliss-reactive ketones (excluding diaryl/α,β-unsaturated/α-hetero) is 1. The van der Waals surface area contributed by atoms with Crippen molar-refractivity contribution in [2.75, 3.05) is 0 Å². The van der Waals surface area contributed by atoms with Gasteiger partial charge in [-0.2, -0.15) is 0 Å². The minimum absolute atomic E-state index is 0.0131. The van der Waals surface area contributed by atoms with Crippen LogP contribution in [-0.4, -0.2) is 15.8 Å². The Morgan fingerprint density at radius 1 is 1.50 bits per heavy atom. The van der Waals surface area contributed by atoms with Crippen LogP contribution in [0.3, 0.4) is 0 Å². The normalized spacial score (nSPS) is 10.4. The van der Waals surface area contributed by atoms with Crippen molar-refractivity contribution >= 4 is 33.0 Å². The first-order valence-corrected chi connectivity index (χ1v) is 6.38. The van der Waals surface area contributed by atoms with Gasteiger partial charge in [0.25, 0.3) is 0 Å². The summed E-state index contributed by atoms with van der Waals surface area (Å²) < 4.78 is 0.910. The lowest BCUT2D eigenvalue weighted by atomic mass is 10.2.